The monoisotopic (exact) mass is 227 g/mol. The van der Waals surface area contributed by atoms with Crippen LogP contribution in [0.15, 0.2) is 5.16 Å². The van der Waals surface area contributed by atoms with Crippen LogP contribution in [0, 0.1) is 5.92 Å². The number of rotatable bonds is 6. The van der Waals surface area contributed by atoms with Gasteiger partial charge in [-0.15, -0.1) is 0 Å². The van der Waals surface area contributed by atoms with Crippen molar-refractivity contribution in [3.8, 4) is 0 Å². The highest BCUT2D eigenvalue weighted by Crippen LogP contribution is 2.24. The van der Waals surface area contributed by atoms with Crippen LogP contribution in [0.4, 0.5) is 0 Å². The van der Waals surface area contributed by atoms with Crippen LogP contribution in [0.3, 0.4) is 0 Å². The summed E-state index contributed by atoms with van der Waals surface area (Å²) in [5.74, 6) is 1.21. The molecule has 0 aromatic rings. The van der Waals surface area contributed by atoms with Crippen molar-refractivity contribution in [1.82, 2.24) is 4.90 Å². The summed E-state index contributed by atoms with van der Waals surface area (Å²) in [6, 6.07) is 0.442. The smallest absolute Gasteiger partial charge is 0.140 e. The van der Waals surface area contributed by atoms with Gasteiger partial charge in [0, 0.05) is 19.0 Å². The topological polar surface area (TPSA) is 61.8 Å². The van der Waals surface area contributed by atoms with E-state index in [-0.39, 0.29) is 0 Å². The maximum absolute atomic E-state index is 8.60. The summed E-state index contributed by atoms with van der Waals surface area (Å²) < 4.78 is 0. The fraction of sp³-hybridized carbons (Fsp3) is 0.917. The third-order valence-electron chi connectivity index (χ3n) is 3.58. The van der Waals surface area contributed by atoms with Crippen molar-refractivity contribution in [3.63, 3.8) is 0 Å². The standard InChI is InChI=1S/C12H25N3O/c1-3-5-10-6-7-15(9-10)11(4-2)8-12(13)14-16/h10-11,16H,3-9H2,1-2H3,(H2,13,14). The van der Waals surface area contributed by atoms with Crippen LogP contribution in [0.5, 0.6) is 0 Å². The molecule has 0 bridgehead atoms. The van der Waals surface area contributed by atoms with Crippen LogP contribution in [-0.2, 0) is 0 Å². The minimum absolute atomic E-state index is 0.353. The van der Waals surface area contributed by atoms with Gasteiger partial charge in [-0.05, 0) is 31.7 Å². The van der Waals surface area contributed by atoms with Crippen LogP contribution in [0.1, 0.15) is 46.0 Å². The Morgan fingerprint density at radius 2 is 2.31 bits per heavy atom. The van der Waals surface area contributed by atoms with E-state index in [0.29, 0.717) is 18.3 Å². The molecule has 1 aliphatic rings. The lowest BCUT2D eigenvalue weighted by molar-refractivity contribution is 0.228. The van der Waals surface area contributed by atoms with Crippen LogP contribution in [0.2, 0.25) is 0 Å². The first-order valence-electron chi connectivity index (χ1n) is 6.41. The molecule has 0 radical (unpaired) electrons. The fourth-order valence-electron chi connectivity index (χ4n) is 2.65. The van der Waals surface area contributed by atoms with E-state index in [1.807, 2.05) is 0 Å². The largest absolute Gasteiger partial charge is 0.409 e. The Morgan fingerprint density at radius 1 is 1.56 bits per heavy atom. The molecule has 94 valence electrons. The minimum Gasteiger partial charge on any atom is -0.409 e. The molecule has 0 aliphatic carbocycles. The Bertz CT molecular complexity index is 230. The molecule has 1 aliphatic heterocycles. The number of nitrogens with two attached hydrogens (primary N) is 1. The Morgan fingerprint density at radius 3 is 2.88 bits per heavy atom. The van der Waals surface area contributed by atoms with E-state index in [2.05, 4.69) is 23.9 Å². The molecule has 2 atom stereocenters. The second kappa shape index (κ2) is 6.74. The first-order chi connectivity index (χ1) is 7.71. The highest BCUT2D eigenvalue weighted by atomic mass is 16.4. The summed E-state index contributed by atoms with van der Waals surface area (Å²) in [4.78, 5) is 2.50. The van der Waals surface area contributed by atoms with E-state index in [9.17, 15) is 0 Å². The normalized spacial score (nSPS) is 24.9. The highest BCUT2D eigenvalue weighted by molar-refractivity contribution is 5.80. The lowest BCUT2D eigenvalue weighted by atomic mass is 10.0. The SMILES string of the molecule is CCCC1CCN(C(CC)CC(N)=NO)C1. The number of oxime groups is 1. The predicted octanol–water partition coefficient (Wildman–Crippen LogP) is 2.02. The van der Waals surface area contributed by atoms with Gasteiger partial charge in [0.15, 0.2) is 0 Å². The highest BCUT2D eigenvalue weighted by Gasteiger charge is 2.27. The van der Waals surface area contributed by atoms with Crippen molar-refractivity contribution >= 4 is 5.84 Å². The predicted molar refractivity (Wildman–Crippen MR) is 66.7 cm³/mol. The van der Waals surface area contributed by atoms with E-state index in [1.54, 1.807) is 0 Å². The van der Waals surface area contributed by atoms with E-state index >= 15 is 0 Å². The second-order valence-electron chi connectivity index (χ2n) is 4.80. The third kappa shape index (κ3) is 3.67. The first-order valence-corrected chi connectivity index (χ1v) is 6.41. The average Bonchev–Trinajstić information content (AvgIpc) is 2.74. The van der Waals surface area contributed by atoms with E-state index in [1.165, 1.54) is 32.4 Å². The van der Waals surface area contributed by atoms with Crippen molar-refractivity contribution in [2.24, 2.45) is 16.8 Å². The molecule has 3 N–H and O–H groups in total. The van der Waals surface area contributed by atoms with Gasteiger partial charge in [-0.25, -0.2) is 0 Å². The van der Waals surface area contributed by atoms with E-state index in [4.69, 9.17) is 10.9 Å². The molecule has 1 heterocycles. The van der Waals surface area contributed by atoms with Crippen molar-refractivity contribution in [3.05, 3.63) is 0 Å². The molecule has 16 heavy (non-hydrogen) atoms. The lowest BCUT2D eigenvalue weighted by Gasteiger charge is -2.26. The molecule has 0 aromatic carbocycles. The van der Waals surface area contributed by atoms with Crippen molar-refractivity contribution in [1.29, 1.82) is 0 Å². The maximum atomic E-state index is 8.60. The van der Waals surface area contributed by atoms with Gasteiger partial charge in [-0.2, -0.15) is 0 Å². The van der Waals surface area contributed by atoms with Crippen LogP contribution in [-0.4, -0.2) is 35.1 Å². The summed E-state index contributed by atoms with van der Waals surface area (Å²) in [6.07, 6.45) is 5.66. The van der Waals surface area contributed by atoms with Crippen LogP contribution >= 0.6 is 0 Å². The molecule has 0 aromatic heterocycles. The number of hydrogen-bond acceptors (Lipinski definition) is 3. The van der Waals surface area contributed by atoms with Crippen LogP contribution < -0.4 is 5.73 Å². The van der Waals surface area contributed by atoms with Gasteiger partial charge in [-0.3, -0.25) is 4.90 Å². The number of amidine groups is 1. The Kier molecular flexibility index (Phi) is 5.60. The Labute approximate surface area is 98.5 Å². The van der Waals surface area contributed by atoms with Crippen LogP contribution in [0.25, 0.3) is 0 Å². The fourth-order valence-corrected chi connectivity index (χ4v) is 2.65. The second-order valence-corrected chi connectivity index (χ2v) is 4.80. The molecule has 0 saturated carbocycles. The zero-order chi connectivity index (χ0) is 12.0. The molecule has 2 unspecified atom stereocenters. The molecule has 1 rings (SSSR count). The summed E-state index contributed by atoms with van der Waals surface area (Å²) in [7, 11) is 0. The van der Waals surface area contributed by atoms with E-state index < -0.39 is 0 Å². The summed E-state index contributed by atoms with van der Waals surface area (Å²) >= 11 is 0. The zero-order valence-electron chi connectivity index (χ0n) is 10.5. The molecule has 0 amide bonds. The Hall–Kier alpha value is -0.770. The van der Waals surface area contributed by atoms with Crippen molar-refractivity contribution < 1.29 is 5.21 Å². The molecule has 4 nitrogen and oxygen atoms in total. The third-order valence-corrected chi connectivity index (χ3v) is 3.58. The Balaban J connectivity index is 2.43. The zero-order valence-corrected chi connectivity index (χ0v) is 10.5. The molecule has 4 heteroatoms. The number of likely N-dealkylation sites (tertiary alicyclic amines) is 1. The molecular weight excluding hydrogens is 202 g/mol. The summed E-state index contributed by atoms with van der Waals surface area (Å²) in [6.45, 7) is 6.77. The number of hydrogen-bond donors (Lipinski definition) is 2. The average molecular weight is 227 g/mol. The van der Waals surface area contributed by atoms with Crippen molar-refractivity contribution in [2.75, 3.05) is 13.1 Å². The lowest BCUT2D eigenvalue weighted by Crippen LogP contribution is -2.36. The molecule has 1 fully saturated rings. The van der Waals surface area contributed by atoms with Gasteiger partial charge in [0.2, 0.25) is 0 Å². The molecular formula is C12H25N3O. The van der Waals surface area contributed by atoms with Gasteiger partial charge in [0.25, 0.3) is 0 Å². The molecule has 1 saturated heterocycles. The quantitative estimate of drug-likeness (QED) is 0.316. The number of nitrogens with zero attached hydrogens (tertiary/aromatic N) is 2. The van der Waals surface area contributed by atoms with Gasteiger partial charge in [0.1, 0.15) is 5.84 Å². The van der Waals surface area contributed by atoms with Crippen molar-refractivity contribution in [2.45, 2.75) is 52.0 Å². The van der Waals surface area contributed by atoms with E-state index in [0.717, 1.165) is 12.3 Å². The molecule has 0 spiro atoms. The minimum atomic E-state index is 0.353. The summed E-state index contributed by atoms with van der Waals surface area (Å²) in [5, 5.41) is 11.7. The van der Waals surface area contributed by atoms with Gasteiger partial charge in [-0.1, -0.05) is 25.4 Å². The first kappa shape index (κ1) is 13.3. The summed E-state index contributed by atoms with van der Waals surface area (Å²) in [5.41, 5.74) is 5.58. The van der Waals surface area contributed by atoms with Gasteiger partial charge in [0.05, 0.1) is 0 Å². The van der Waals surface area contributed by atoms with Gasteiger partial charge < -0.3 is 10.9 Å². The van der Waals surface area contributed by atoms with Gasteiger partial charge >= 0.3 is 0 Å². The maximum Gasteiger partial charge on any atom is 0.140 e.